The fourth-order valence-electron chi connectivity index (χ4n) is 5.20. The van der Waals surface area contributed by atoms with Gasteiger partial charge < -0.3 is 63.1 Å². The lowest BCUT2D eigenvalue weighted by Crippen LogP contribution is -2.25. The van der Waals surface area contributed by atoms with Gasteiger partial charge in [0.25, 0.3) is 5.91 Å². The second kappa shape index (κ2) is 42.9. The molecule has 0 saturated heterocycles. The summed E-state index contributed by atoms with van der Waals surface area (Å²) in [5.74, 6) is -0.464. The van der Waals surface area contributed by atoms with Crippen molar-refractivity contribution in [1.29, 1.82) is 0 Å². The number of aromatic hydroxyl groups is 1. The van der Waals surface area contributed by atoms with E-state index in [0.717, 1.165) is 26.0 Å². The standard InChI is InChI=1S/C41H73N3O15S/c45-38-34-36(10-11-37(38)40(47)44-49)35-43-41(48)59-32-31-58-30-29-57-28-27-56-26-25-55-24-23-54-22-21-53-20-19-52-18-17-51-16-15-50-14-9-7-5-3-1-2-4-6-8-13-42-39(46)12-33-60/h10-11,34,45,49,60H,1-9,12-33,35H2,(H,42,46)(H,43,48)(H,44,47). The number of rotatable bonds is 44. The van der Waals surface area contributed by atoms with E-state index in [4.69, 9.17) is 52.6 Å². The van der Waals surface area contributed by atoms with E-state index in [-0.39, 0.29) is 37.0 Å². The van der Waals surface area contributed by atoms with Gasteiger partial charge in [0, 0.05) is 26.1 Å². The molecule has 0 aliphatic carbocycles. The van der Waals surface area contributed by atoms with Crippen molar-refractivity contribution in [1.82, 2.24) is 16.1 Å². The maximum atomic E-state index is 11.8. The molecule has 5 N–H and O–H groups in total. The van der Waals surface area contributed by atoms with Crippen LogP contribution < -0.4 is 16.1 Å². The van der Waals surface area contributed by atoms with Crippen molar-refractivity contribution >= 4 is 30.5 Å². The molecule has 0 aliphatic heterocycles. The maximum Gasteiger partial charge on any atom is 0.407 e. The van der Waals surface area contributed by atoms with Crippen LogP contribution in [0.1, 0.15) is 80.1 Å². The number of hydrogen-bond acceptors (Lipinski definition) is 16. The van der Waals surface area contributed by atoms with Crippen LogP contribution in [0.15, 0.2) is 18.2 Å². The summed E-state index contributed by atoms with van der Waals surface area (Å²) in [6, 6.07) is 4.15. The highest BCUT2D eigenvalue weighted by Gasteiger charge is 2.11. The molecule has 18 nitrogen and oxygen atoms in total. The molecule has 60 heavy (non-hydrogen) atoms. The number of amides is 3. The van der Waals surface area contributed by atoms with Crippen LogP contribution in [0.2, 0.25) is 0 Å². The first-order valence-electron chi connectivity index (χ1n) is 21.2. The summed E-state index contributed by atoms with van der Waals surface area (Å²) in [4.78, 5) is 34.6. The zero-order chi connectivity index (χ0) is 43.4. The van der Waals surface area contributed by atoms with Gasteiger partial charge in [-0.25, -0.2) is 10.3 Å². The number of phenols is 1. The zero-order valence-electron chi connectivity index (χ0n) is 35.5. The number of nitrogens with one attached hydrogen (secondary N) is 3. The molecule has 0 saturated carbocycles. The molecule has 0 bridgehead atoms. The molecule has 0 aromatic heterocycles. The van der Waals surface area contributed by atoms with Crippen LogP contribution in [0.3, 0.4) is 0 Å². The SMILES string of the molecule is O=C(CCS)NCCCCCCCCCCCOCCOCCOCCOCCOCCOCCOCCOCCOCCOC(=O)NCc1ccc(C(=O)NO)c(O)c1. The number of phenolic OH excluding ortho intramolecular Hbond substituents is 1. The van der Waals surface area contributed by atoms with Crippen LogP contribution in [0.5, 0.6) is 5.75 Å². The van der Waals surface area contributed by atoms with Gasteiger partial charge in [0.1, 0.15) is 12.4 Å². The summed E-state index contributed by atoms with van der Waals surface area (Å²) >= 11 is 4.07. The van der Waals surface area contributed by atoms with Crippen molar-refractivity contribution in [3.05, 3.63) is 29.3 Å². The molecule has 19 heteroatoms. The minimum absolute atomic E-state index is 0.0484. The average Bonchev–Trinajstić information content (AvgIpc) is 3.24. The van der Waals surface area contributed by atoms with E-state index in [1.165, 1.54) is 68.6 Å². The molecule has 0 heterocycles. The Kier molecular flexibility index (Phi) is 39.4. The van der Waals surface area contributed by atoms with Gasteiger partial charge in [-0.1, -0.05) is 51.0 Å². The van der Waals surface area contributed by atoms with E-state index < -0.39 is 12.0 Å². The zero-order valence-corrected chi connectivity index (χ0v) is 36.4. The van der Waals surface area contributed by atoms with Gasteiger partial charge in [0.05, 0.1) is 118 Å². The Morgan fingerprint density at radius 2 is 0.917 bits per heavy atom. The maximum absolute atomic E-state index is 11.8. The first kappa shape index (κ1) is 55.2. The monoisotopic (exact) mass is 879 g/mol. The van der Waals surface area contributed by atoms with Crippen molar-refractivity contribution in [2.75, 3.05) is 138 Å². The Morgan fingerprint density at radius 1 is 0.517 bits per heavy atom. The summed E-state index contributed by atoms with van der Waals surface area (Å²) in [5.41, 5.74) is 1.88. The van der Waals surface area contributed by atoms with Crippen molar-refractivity contribution in [3.63, 3.8) is 0 Å². The molecule has 3 amide bonds. The normalized spacial score (nSPS) is 11.2. The van der Waals surface area contributed by atoms with E-state index in [9.17, 15) is 19.5 Å². The number of ether oxygens (including phenoxy) is 10. The van der Waals surface area contributed by atoms with Crippen molar-refractivity contribution in [3.8, 4) is 5.75 Å². The van der Waals surface area contributed by atoms with Gasteiger partial charge in [-0.3, -0.25) is 14.8 Å². The number of carbonyl (C=O) groups is 3. The third kappa shape index (κ3) is 35.9. The highest BCUT2D eigenvalue weighted by atomic mass is 32.1. The number of unbranched alkanes of at least 4 members (excludes halogenated alkanes) is 8. The molecule has 0 fully saturated rings. The van der Waals surface area contributed by atoms with Crippen LogP contribution in [0.4, 0.5) is 4.79 Å². The number of benzene rings is 1. The van der Waals surface area contributed by atoms with Crippen LogP contribution in [0.25, 0.3) is 0 Å². The molecule has 0 spiro atoms. The minimum atomic E-state index is -0.841. The lowest BCUT2D eigenvalue weighted by Gasteiger charge is -2.09. The van der Waals surface area contributed by atoms with Gasteiger partial charge in [0.2, 0.25) is 5.91 Å². The van der Waals surface area contributed by atoms with E-state index in [1.807, 2.05) is 0 Å². The fraction of sp³-hybridized carbons (Fsp3) is 0.780. The van der Waals surface area contributed by atoms with Gasteiger partial charge in [-0.15, -0.1) is 0 Å². The van der Waals surface area contributed by atoms with Crippen molar-refractivity contribution < 1.29 is 72.1 Å². The first-order valence-corrected chi connectivity index (χ1v) is 21.8. The number of carbonyl (C=O) groups excluding carboxylic acids is 3. The van der Waals surface area contributed by atoms with Gasteiger partial charge in [-0.2, -0.15) is 12.6 Å². The molecule has 0 radical (unpaired) electrons. The predicted molar refractivity (Wildman–Crippen MR) is 226 cm³/mol. The molecule has 1 rings (SSSR count). The number of thiol groups is 1. The van der Waals surface area contributed by atoms with Crippen molar-refractivity contribution in [2.24, 2.45) is 0 Å². The topological polar surface area (TPSA) is 220 Å². The first-order chi connectivity index (χ1) is 29.5. The van der Waals surface area contributed by atoms with Gasteiger partial charge in [-0.05, 0) is 36.3 Å². The smallest absolute Gasteiger partial charge is 0.407 e. The van der Waals surface area contributed by atoms with Crippen molar-refractivity contribution in [2.45, 2.75) is 70.8 Å². The third-order valence-corrected chi connectivity index (χ3v) is 8.63. The summed E-state index contributed by atoms with van der Waals surface area (Å²) in [6.45, 7) is 9.43. The molecule has 1 aromatic carbocycles. The Morgan fingerprint density at radius 3 is 1.33 bits per heavy atom. The highest BCUT2D eigenvalue weighted by molar-refractivity contribution is 7.80. The lowest BCUT2D eigenvalue weighted by molar-refractivity contribution is -0.120. The summed E-state index contributed by atoms with van der Waals surface area (Å²) in [5, 5.41) is 23.9. The van der Waals surface area contributed by atoms with E-state index in [1.54, 1.807) is 0 Å². The van der Waals surface area contributed by atoms with Crippen LogP contribution >= 0.6 is 12.6 Å². The molecular formula is C41H73N3O15S. The Hall–Kier alpha value is -2.82. The van der Waals surface area contributed by atoms with Crippen LogP contribution in [-0.4, -0.2) is 166 Å². The third-order valence-electron chi connectivity index (χ3n) is 8.41. The molecule has 0 aliphatic rings. The lowest BCUT2D eigenvalue weighted by atomic mass is 10.1. The van der Waals surface area contributed by atoms with E-state index in [2.05, 4.69) is 23.3 Å². The molecule has 348 valence electrons. The quantitative estimate of drug-likeness (QED) is 0.0238. The number of alkyl carbamates (subject to hydrolysis) is 1. The van der Waals surface area contributed by atoms with E-state index >= 15 is 0 Å². The number of hydrogen-bond donors (Lipinski definition) is 6. The highest BCUT2D eigenvalue weighted by Crippen LogP contribution is 2.18. The second-order valence-corrected chi connectivity index (χ2v) is 13.7. The summed E-state index contributed by atoms with van der Waals surface area (Å²) in [7, 11) is 0. The Bertz CT molecular complexity index is 1170. The molecule has 0 unspecified atom stereocenters. The Labute approximate surface area is 361 Å². The van der Waals surface area contributed by atoms with E-state index in [0.29, 0.717) is 123 Å². The van der Waals surface area contributed by atoms with Crippen LogP contribution in [0, 0.1) is 0 Å². The average molecular weight is 880 g/mol. The molecule has 1 aromatic rings. The number of hydroxylamine groups is 1. The minimum Gasteiger partial charge on any atom is -0.507 e. The molecule has 0 atom stereocenters. The Balaban J connectivity index is 1.68. The largest absolute Gasteiger partial charge is 0.507 e. The second-order valence-electron chi connectivity index (χ2n) is 13.3. The van der Waals surface area contributed by atoms with Gasteiger partial charge in [0.15, 0.2) is 0 Å². The summed E-state index contributed by atoms with van der Waals surface area (Å²) in [6.07, 6.45) is 10.7. The van der Waals surface area contributed by atoms with Gasteiger partial charge >= 0.3 is 6.09 Å². The fourth-order valence-corrected chi connectivity index (χ4v) is 5.41. The molecular weight excluding hydrogens is 807 g/mol. The summed E-state index contributed by atoms with van der Waals surface area (Å²) < 4.78 is 54.5. The predicted octanol–water partition coefficient (Wildman–Crippen LogP) is 3.83. The van der Waals surface area contributed by atoms with Crippen LogP contribution in [-0.2, 0) is 58.7 Å².